The van der Waals surface area contributed by atoms with Gasteiger partial charge in [-0.15, -0.1) is 0 Å². The molecule has 0 saturated carbocycles. The number of nitrogens with zero attached hydrogens (tertiary/aromatic N) is 2. The summed E-state index contributed by atoms with van der Waals surface area (Å²) in [4.78, 5) is 27.3. The second-order valence-corrected chi connectivity index (χ2v) is 6.77. The van der Waals surface area contributed by atoms with Gasteiger partial charge in [-0.25, -0.2) is 4.79 Å². The topological polar surface area (TPSA) is 49.9 Å². The van der Waals surface area contributed by atoms with Crippen molar-refractivity contribution in [2.45, 2.75) is 39.7 Å². The fourth-order valence-corrected chi connectivity index (χ4v) is 2.84. The van der Waals surface area contributed by atoms with Crippen LogP contribution in [0.4, 0.5) is 10.5 Å². The van der Waals surface area contributed by atoms with E-state index in [9.17, 15) is 9.59 Å². The van der Waals surface area contributed by atoms with E-state index in [2.05, 4.69) is 17.9 Å². The van der Waals surface area contributed by atoms with E-state index < -0.39 is 5.60 Å². The highest BCUT2D eigenvalue weighted by Gasteiger charge is 2.26. The summed E-state index contributed by atoms with van der Waals surface area (Å²) in [5.41, 5.74) is 2.45. The summed E-state index contributed by atoms with van der Waals surface area (Å²) in [7, 11) is 0. The van der Waals surface area contributed by atoms with Gasteiger partial charge in [0, 0.05) is 37.4 Å². The number of anilines is 1. The first kappa shape index (κ1) is 17.3. The molecular formula is C18H26N2O3. The van der Waals surface area contributed by atoms with E-state index in [4.69, 9.17) is 4.74 Å². The Bertz CT molecular complexity index is 570. The van der Waals surface area contributed by atoms with Gasteiger partial charge in [-0.3, -0.25) is 4.79 Å². The van der Waals surface area contributed by atoms with Gasteiger partial charge in [0.15, 0.2) is 0 Å². The molecule has 1 aliphatic rings. The van der Waals surface area contributed by atoms with Crippen molar-refractivity contribution in [2.75, 3.05) is 31.1 Å². The molecule has 23 heavy (non-hydrogen) atoms. The maximum atomic E-state index is 12.1. The van der Waals surface area contributed by atoms with Gasteiger partial charge in [0.1, 0.15) is 11.9 Å². The number of hydrogen-bond donors (Lipinski definition) is 0. The largest absolute Gasteiger partial charge is 0.444 e. The molecule has 0 unspecified atom stereocenters. The molecule has 1 heterocycles. The minimum absolute atomic E-state index is 0.255. The first-order valence-electron chi connectivity index (χ1n) is 8.15. The second kappa shape index (κ2) is 7.02. The molecule has 126 valence electrons. The summed E-state index contributed by atoms with van der Waals surface area (Å²) >= 11 is 0. The first-order valence-corrected chi connectivity index (χ1v) is 8.15. The van der Waals surface area contributed by atoms with Crippen LogP contribution in [0.25, 0.3) is 0 Å². The molecule has 0 aliphatic carbocycles. The molecule has 0 radical (unpaired) electrons. The molecule has 2 rings (SSSR count). The molecule has 0 spiro atoms. The first-order chi connectivity index (χ1) is 10.9. The van der Waals surface area contributed by atoms with Crippen LogP contribution >= 0.6 is 0 Å². The summed E-state index contributed by atoms with van der Waals surface area (Å²) in [6, 6.07) is 5.82. The summed E-state index contributed by atoms with van der Waals surface area (Å²) in [5.74, 6) is 0. The fraction of sp³-hybridized carbons (Fsp3) is 0.556. The normalized spacial score (nSPS) is 15.5. The van der Waals surface area contributed by atoms with Crippen LogP contribution in [0.5, 0.6) is 0 Å². The van der Waals surface area contributed by atoms with Crippen LogP contribution in [0.15, 0.2) is 18.2 Å². The molecule has 1 aromatic rings. The molecule has 1 saturated heterocycles. The number of amides is 1. The van der Waals surface area contributed by atoms with Crippen molar-refractivity contribution in [3.05, 3.63) is 29.3 Å². The van der Waals surface area contributed by atoms with Gasteiger partial charge in [0.05, 0.1) is 0 Å². The van der Waals surface area contributed by atoms with Gasteiger partial charge >= 0.3 is 6.09 Å². The Morgan fingerprint density at radius 1 is 1.22 bits per heavy atom. The Labute approximate surface area is 138 Å². The summed E-state index contributed by atoms with van der Waals surface area (Å²) in [6.07, 6.45) is 1.48. The van der Waals surface area contributed by atoms with Gasteiger partial charge < -0.3 is 14.5 Å². The zero-order valence-electron chi connectivity index (χ0n) is 14.5. The maximum absolute atomic E-state index is 12.1. The molecule has 0 atom stereocenters. The van der Waals surface area contributed by atoms with Crippen molar-refractivity contribution < 1.29 is 14.3 Å². The zero-order chi connectivity index (χ0) is 17.0. The van der Waals surface area contributed by atoms with Gasteiger partial charge in [-0.1, -0.05) is 19.1 Å². The molecule has 1 amide bonds. The number of rotatable bonds is 3. The molecule has 0 bridgehead atoms. The number of carbonyl (C=O) groups is 2. The van der Waals surface area contributed by atoms with Crippen molar-refractivity contribution in [1.29, 1.82) is 0 Å². The molecule has 1 aromatic carbocycles. The fourth-order valence-electron chi connectivity index (χ4n) is 2.84. The predicted molar refractivity (Wildman–Crippen MR) is 91.2 cm³/mol. The number of ether oxygens (including phenoxy) is 1. The second-order valence-electron chi connectivity index (χ2n) is 6.77. The highest BCUT2D eigenvalue weighted by Crippen LogP contribution is 2.25. The van der Waals surface area contributed by atoms with Crippen molar-refractivity contribution in [3.8, 4) is 0 Å². The zero-order valence-corrected chi connectivity index (χ0v) is 14.5. The SMILES string of the molecule is CCc1c(C=O)cccc1N1CCN(C(=O)OC(C)(C)C)CC1. The predicted octanol–water partition coefficient (Wildman–Crippen LogP) is 3.12. The van der Waals surface area contributed by atoms with E-state index in [0.29, 0.717) is 13.1 Å². The monoisotopic (exact) mass is 318 g/mol. The minimum atomic E-state index is -0.470. The van der Waals surface area contributed by atoms with E-state index in [0.717, 1.165) is 42.6 Å². The van der Waals surface area contributed by atoms with Gasteiger partial charge in [0.25, 0.3) is 0 Å². The van der Waals surface area contributed by atoms with Crippen LogP contribution in [0.3, 0.4) is 0 Å². The number of hydrogen-bond acceptors (Lipinski definition) is 4. The molecule has 0 N–H and O–H groups in total. The summed E-state index contributed by atoms with van der Waals surface area (Å²) in [5, 5.41) is 0. The Kier molecular flexibility index (Phi) is 5.29. The summed E-state index contributed by atoms with van der Waals surface area (Å²) in [6.45, 7) is 10.4. The highest BCUT2D eigenvalue weighted by atomic mass is 16.6. The van der Waals surface area contributed by atoms with Crippen LogP contribution < -0.4 is 4.90 Å². The molecule has 5 nitrogen and oxygen atoms in total. The van der Waals surface area contributed by atoms with Crippen LogP contribution in [-0.4, -0.2) is 49.1 Å². The smallest absolute Gasteiger partial charge is 0.410 e. The standard InChI is InChI=1S/C18H26N2O3/c1-5-15-14(13-21)7-6-8-16(15)19-9-11-20(12-10-19)17(22)23-18(2,3)4/h6-8,13H,5,9-12H2,1-4H3. The molecule has 0 aromatic heterocycles. The van der Waals surface area contributed by atoms with Crippen LogP contribution in [0, 0.1) is 0 Å². The lowest BCUT2D eigenvalue weighted by Gasteiger charge is -2.37. The minimum Gasteiger partial charge on any atom is -0.444 e. The van der Waals surface area contributed by atoms with Gasteiger partial charge in [0.2, 0.25) is 0 Å². The molecule has 1 fully saturated rings. The number of carbonyl (C=O) groups excluding carboxylic acids is 2. The Morgan fingerprint density at radius 3 is 2.39 bits per heavy atom. The van der Waals surface area contributed by atoms with Gasteiger partial charge in [-0.2, -0.15) is 0 Å². The molecule has 1 aliphatic heterocycles. The lowest BCUT2D eigenvalue weighted by Crippen LogP contribution is -2.50. The van der Waals surface area contributed by atoms with E-state index >= 15 is 0 Å². The number of aldehydes is 1. The van der Waals surface area contributed by atoms with E-state index in [-0.39, 0.29) is 6.09 Å². The van der Waals surface area contributed by atoms with Crippen molar-refractivity contribution in [3.63, 3.8) is 0 Å². The molecule has 5 heteroatoms. The van der Waals surface area contributed by atoms with Crippen molar-refractivity contribution >= 4 is 18.1 Å². The Morgan fingerprint density at radius 2 is 1.87 bits per heavy atom. The summed E-state index contributed by atoms with van der Waals surface area (Å²) < 4.78 is 5.42. The number of piperazine rings is 1. The van der Waals surface area contributed by atoms with Crippen LogP contribution in [-0.2, 0) is 11.2 Å². The third-order valence-electron chi connectivity index (χ3n) is 3.94. The van der Waals surface area contributed by atoms with Gasteiger partial charge in [-0.05, 0) is 38.8 Å². The van der Waals surface area contributed by atoms with Crippen molar-refractivity contribution in [2.24, 2.45) is 0 Å². The Hall–Kier alpha value is -2.04. The third-order valence-corrected chi connectivity index (χ3v) is 3.94. The van der Waals surface area contributed by atoms with Crippen LogP contribution in [0.2, 0.25) is 0 Å². The average Bonchev–Trinajstić information content (AvgIpc) is 2.52. The lowest BCUT2D eigenvalue weighted by molar-refractivity contribution is 0.0240. The lowest BCUT2D eigenvalue weighted by atomic mass is 10.0. The quantitative estimate of drug-likeness (QED) is 0.804. The van der Waals surface area contributed by atoms with E-state index in [1.165, 1.54) is 0 Å². The highest BCUT2D eigenvalue weighted by molar-refractivity contribution is 5.81. The van der Waals surface area contributed by atoms with Crippen LogP contribution in [0.1, 0.15) is 43.6 Å². The number of benzene rings is 1. The third kappa shape index (κ3) is 4.24. The Balaban J connectivity index is 2.05. The average molecular weight is 318 g/mol. The van der Waals surface area contributed by atoms with E-state index in [1.807, 2.05) is 32.9 Å². The maximum Gasteiger partial charge on any atom is 0.410 e. The molecular weight excluding hydrogens is 292 g/mol. The van der Waals surface area contributed by atoms with Crippen molar-refractivity contribution in [1.82, 2.24) is 4.90 Å². The van der Waals surface area contributed by atoms with E-state index in [1.54, 1.807) is 4.90 Å².